The second-order valence-electron chi connectivity index (χ2n) is 2.46. The molecule has 6 heteroatoms. The van der Waals surface area contributed by atoms with E-state index in [4.69, 9.17) is 0 Å². The van der Waals surface area contributed by atoms with Crippen LogP contribution in [0.15, 0.2) is 10.7 Å². The van der Waals surface area contributed by atoms with Gasteiger partial charge < -0.3 is 0 Å². The minimum Gasteiger partial charge on any atom is -0.298 e. The van der Waals surface area contributed by atoms with Crippen LogP contribution < -0.4 is 0 Å². The van der Waals surface area contributed by atoms with Crippen molar-refractivity contribution in [3.63, 3.8) is 0 Å². The largest absolute Gasteiger partial charge is 0.298 e. The number of rotatable bonds is 3. The topological polar surface area (TPSA) is 30.0 Å². The Hall–Kier alpha value is -0.360. The highest BCUT2D eigenvalue weighted by Gasteiger charge is 2.18. The molecule has 0 saturated heterocycles. The summed E-state index contributed by atoms with van der Waals surface area (Å²) in [5, 5.41) is 0.335. The van der Waals surface area contributed by atoms with Crippen LogP contribution in [0.3, 0.4) is 0 Å². The summed E-state index contributed by atoms with van der Waals surface area (Å²) < 4.78 is 25.2. The van der Waals surface area contributed by atoms with Gasteiger partial charge in [-0.3, -0.25) is 4.79 Å². The molecule has 1 rings (SSSR count). The number of carbonyl (C=O) groups is 1. The van der Waals surface area contributed by atoms with Crippen LogP contribution in [0.25, 0.3) is 0 Å². The van der Waals surface area contributed by atoms with Crippen molar-refractivity contribution in [1.82, 2.24) is 4.98 Å². The lowest BCUT2D eigenvalue weighted by Crippen LogP contribution is -2.02. The van der Waals surface area contributed by atoms with Crippen molar-refractivity contribution >= 4 is 38.1 Å². The van der Waals surface area contributed by atoms with Crippen molar-refractivity contribution in [1.29, 1.82) is 0 Å². The molecule has 2 nitrogen and oxygen atoms in total. The fraction of sp³-hybridized carbons (Fsp3) is 0.250. The smallest absolute Gasteiger partial charge is 0.281 e. The number of aldehydes is 1. The van der Waals surface area contributed by atoms with E-state index in [1.54, 1.807) is 0 Å². The molecule has 0 aliphatic carbocycles. The van der Waals surface area contributed by atoms with Crippen molar-refractivity contribution in [3.05, 3.63) is 27.5 Å². The first-order chi connectivity index (χ1) is 6.60. The van der Waals surface area contributed by atoms with Gasteiger partial charge in [-0.05, 0) is 27.6 Å². The summed E-state index contributed by atoms with van der Waals surface area (Å²) in [4.78, 5) is 14.2. The molecule has 0 radical (unpaired) electrons. The van der Waals surface area contributed by atoms with E-state index in [1.165, 1.54) is 6.07 Å². The predicted octanol–water partition coefficient (Wildman–Crippen LogP) is 3.49. The average Bonchev–Trinajstić information content (AvgIpc) is 2.16. The van der Waals surface area contributed by atoms with E-state index in [0.29, 0.717) is 21.8 Å². The lowest BCUT2D eigenvalue weighted by Gasteiger charge is -2.07. The summed E-state index contributed by atoms with van der Waals surface area (Å²) in [6, 6.07) is 1.53. The van der Waals surface area contributed by atoms with Crippen molar-refractivity contribution in [2.75, 3.05) is 0 Å². The highest BCUT2D eigenvalue weighted by molar-refractivity contribution is 9.10. The van der Waals surface area contributed by atoms with E-state index >= 15 is 0 Å². The lowest BCUT2D eigenvalue weighted by molar-refractivity contribution is 0.110. The average molecular weight is 329 g/mol. The second-order valence-corrected chi connectivity index (χ2v) is 3.83. The van der Waals surface area contributed by atoms with Crippen LogP contribution in [-0.2, 0) is 5.33 Å². The molecule has 0 atom stereocenters. The van der Waals surface area contributed by atoms with Gasteiger partial charge in [0.15, 0.2) is 6.29 Å². The van der Waals surface area contributed by atoms with Crippen molar-refractivity contribution < 1.29 is 13.6 Å². The SMILES string of the molecule is O=Cc1c(CBr)cc(Br)nc1C(F)F. The zero-order valence-electron chi connectivity index (χ0n) is 6.81. The molecule has 1 aromatic rings. The third kappa shape index (κ3) is 2.36. The van der Waals surface area contributed by atoms with Crippen LogP contribution in [0.1, 0.15) is 28.0 Å². The summed E-state index contributed by atoms with van der Waals surface area (Å²) in [6.45, 7) is 0. The molecular formula is C8H5Br2F2NO. The third-order valence-corrected chi connectivity index (χ3v) is 2.62. The first kappa shape index (κ1) is 11.7. The van der Waals surface area contributed by atoms with Crippen LogP contribution in [0.5, 0.6) is 0 Å². The first-order valence-electron chi connectivity index (χ1n) is 3.58. The van der Waals surface area contributed by atoms with Gasteiger partial charge in [0.25, 0.3) is 6.43 Å². The Balaban J connectivity index is 3.39. The number of carbonyl (C=O) groups excluding carboxylic acids is 1. The molecule has 0 unspecified atom stereocenters. The van der Waals surface area contributed by atoms with Crippen LogP contribution in [-0.4, -0.2) is 11.3 Å². The Morgan fingerprint density at radius 3 is 2.64 bits per heavy atom. The molecule has 14 heavy (non-hydrogen) atoms. The molecule has 0 amide bonds. The Kier molecular flexibility index (Phi) is 4.12. The van der Waals surface area contributed by atoms with Gasteiger partial charge in [-0.15, -0.1) is 0 Å². The van der Waals surface area contributed by atoms with Gasteiger partial charge in [-0.1, -0.05) is 15.9 Å². The number of alkyl halides is 3. The zero-order valence-corrected chi connectivity index (χ0v) is 9.98. The van der Waals surface area contributed by atoms with Crippen molar-refractivity contribution in [2.24, 2.45) is 0 Å². The van der Waals surface area contributed by atoms with E-state index in [0.717, 1.165) is 0 Å². The molecule has 0 fully saturated rings. The van der Waals surface area contributed by atoms with Gasteiger partial charge in [-0.2, -0.15) is 0 Å². The number of nitrogens with zero attached hydrogens (tertiary/aromatic N) is 1. The van der Waals surface area contributed by atoms with E-state index < -0.39 is 12.1 Å². The highest BCUT2D eigenvalue weighted by atomic mass is 79.9. The fourth-order valence-corrected chi connectivity index (χ4v) is 1.94. The Labute approximate surface area is 96.0 Å². The van der Waals surface area contributed by atoms with Crippen LogP contribution in [0, 0.1) is 0 Å². The summed E-state index contributed by atoms with van der Waals surface area (Å²) in [5.41, 5.74) is -0.0268. The molecule has 0 aliphatic rings. The van der Waals surface area contributed by atoms with E-state index in [9.17, 15) is 13.6 Å². The predicted molar refractivity (Wildman–Crippen MR) is 54.9 cm³/mol. The maximum absolute atomic E-state index is 12.5. The third-order valence-electron chi connectivity index (χ3n) is 1.61. The molecule has 1 heterocycles. The number of hydrogen-bond acceptors (Lipinski definition) is 2. The highest BCUT2D eigenvalue weighted by Crippen LogP contribution is 2.26. The fourth-order valence-electron chi connectivity index (χ4n) is 1.01. The number of pyridine rings is 1. The van der Waals surface area contributed by atoms with E-state index in [-0.39, 0.29) is 5.56 Å². The van der Waals surface area contributed by atoms with Gasteiger partial charge in [0.1, 0.15) is 10.3 Å². The summed E-state index contributed by atoms with van der Waals surface area (Å²) >= 11 is 6.12. The van der Waals surface area contributed by atoms with Gasteiger partial charge >= 0.3 is 0 Å². The molecule has 0 bridgehead atoms. The van der Waals surface area contributed by atoms with Crippen molar-refractivity contribution in [2.45, 2.75) is 11.8 Å². The quantitative estimate of drug-likeness (QED) is 0.483. The zero-order chi connectivity index (χ0) is 10.7. The molecule has 76 valence electrons. The molecule has 0 aliphatic heterocycles. The summed E-state index contributed by atoms with van der Waals surface area (Å²) in [7, 11) is 0. The van der Waals surface area contributed by atoms with Gasteiger partial charge in [0.2, 0.25) is 0 Å². The van der Waals surface area contributed by atoms with Crippen LogP contribution in [0.2, 0.25) is 0 Å². The molecule has 0 aromatic carbocycles. The number of halogens is 4. The molecule has 0 N–H and O–H groups in total. The molecule has 0 spiro atoms. The Morgan fingerprint density at radius 2 is 2.21 bits per heavy atom. The molecule has 1 aromatic heterocycles. The molecular weight excluding hydrogens is 324 g/mol. The maximum Gasteiger partial charge on any atom is 0.281 e. The molecule has 0 saturated carbocycles. The van der Waals surface area contributed by atoms with Crippen LogP contribution >= 0.6 is 31.9 Å². The Bertz CT molecular complexity index is 357. The summed E-state index contributed by atoms with van der Waals surface area (Å²) in [6.07, 6.45) is -2.34. The lowest BCUT2D eigenvalue weighted by atomic mass is 10.1. The summed E-state index contributed by atoms with van der Waals surface area (Å²) in [5.74, 6) is 0. The monoisotopic (exact) mass is 327 g/mol. The normalized spacial score (nSPS) is 10.6. The van der Waals surface area contributed by atoms with Gasteiger partial charge in [-0.25, -0.2) is 13.8 Å². The van der Waals surface area contributed by atoms with Crippen LogP contribution in [0.4, 0.5) is 8.78 Å². The minimum atomic E-state index is -2.74. The Morgan fingerprint density at radius 1 is 1.57 bits per heavy atom. The number of aromatic nitrogens is 1. The van der Waals surface area contributed by atoms with E-state index in [1.807, 2.05) is 0 Å². The van der Waals surface area contributed by atoms with Gasteiger partial charge in [0, 0.05) is 10.9 Å². The van der Waals surface area contributed by atoms with Crippen molar-refractivity contribution in [3.8, 4) is 0 Å². The number of hydrogen-bond donors (Lipinski definition) is 0. The second kappa shape index (κ2) is 4.93. The standard InChI is InChI=1S/C8H5Br2F2NO/c9-2-4-1-6(10)13-7(8(11)12)5(4)3-14/h1,3,8H,2H2. The first-order valence-corrected chi connectivity index (χ1v) is 5.50. The maximum atomic E-state index is 12.5. The minimum absolute atomic E-state index is 0.0416. The van der Waals surface area contributed by atoms with E-state index in [2.05, 4.69) is 36.8 Å². The van der Waals surface area contributed by atoms with Gasteiger partial charge in [0.05, 0.1) is 0 Å².